The number of nitrogens with zero attached hydrogens (tertiary/aromatic N) is 1. The van der Waals surface area contributed by atoms with Crippen LogP contribution < -0.4 is 61.2 Å². The third-order valence-electron chi connectivity index (χ3n) is 1.63. The maximum atomic E-state index is 10.9. The van der Waals surface area contributed by atoms with Crippen molar-refractivity contribution in [2.75, 3.05) is 7.11 Å². The van der Waals surface area contributed by atoms with E-state index in [9.17, 15) is 9.32 Å². The van der Waals surface area contributed by atoms with Crippen LogP contribution in [0.25, 0.3) is 0 Å². The van der Waals surface area contributed by atoms with Gasteiger partial charge in [-0.1, -0.05) is 6.07 Å². The number of hydrogen-bond acceptors (Lipinski definition) is 4. The van der Waals surface area contributed by atoms with Crippen molar-refractivity contribution in [1.82, 2.24) is 0 Å². The third kappa shape index (κ3) is 4.25. The summed E-state index contributed by atoms with van der Waals surface area (Å²) in [5.41, 5.74) is 0.255. The molecule has 0 aromatic heterocycles. The van der Waals surface area contributed by atoms with Crippen molar-refractivity contribution >= 4 is 22.7 Å². The molecule has 5 nitrogen and oxygen atoms in total. The summed E-state index contributed by atoms with van der Waals surface area (Å²) in [6.45, 7) is 1.29. The normalized spacial score (nSPS) is 12.8. The quantitative estimate of drug-likeness (QED) is 0.289. The van der Waals surface area contributed by atoms with Gasteiger partial charge in [0, 0.05) is 0 Å². The molecule has 0 amide bonds. The van der Waals surface area contributed by atoms with Gasteiger partial charge in [-0.25, -0.2) is 4.21 Å². The van der Waals surface area contributed by atoms with Gasteiger partial charge < -0.3 is 14.4 Å². The Kier molecular flexibility index (Phi) is 7.65. The molecule has 1 unspecified atom stereocenters. The Morgan fingerprint density at radius 2 is 2.19 bits per heavy atom. The molecular weight excluding hydrogens is 257 g/mol. The van der Waals surface area contributed by atoms with Crippen LogP contribution in [-0.4, -0.2) is 21.8 Å². The summed E-state index contributed by atoms with van der Waals surface area (Å²) in [6.07, 6.45) is 0. The zero-order chi connectivity index (χ0) is 11.4. The second kappa shape index (κ2) is 7.54. The minimum atomic E-state index is -2.16. The van der Waals surface area contributed by atoms with Crippen LogP contribution in [0.3, 0.4) is 0 Å². The summed E-state index contributed by atoms with van der Waals surface area (Å²) >= 11 is -2.16. The van der Waals surface area contributed by atoms with E-state index < -0.39 is 17.0 Å². The molecular formula is C9H10KNO4S. The molecule has 16 heavy (non-hydrogen) atoms. The fourth-order valence-corrected chi connectivity index (χ4v) is 1.65. The van der Waals surface area contributed by atoms with Crippen LogP contribution in [0.2, 0.25) is 0 Å². The number of hydrogen-bond donors (Lipinski definition) is 1. The van der Waals surface area contributed by atoms with Crippen molar-refractivity contribution in [2.45, 2.75) is 11.8 Å². The minimum Gasteiger partial charge on any atom is -0.862 e. The van der Waals surface area contributed by atoms with Gasteiger partial charge in [-0.05, 0) is 25.0 Å². The molecule has 0 heterocycles. The van der Waals surface area contributed by atoms with Crippen molar-refractivity contribution in [1.29, 1.82) is 0 Å². The molecule has 82 valence electrons. The number of para-hydroxylation sites is 1. The molecule has 0 aliphatic heterocycles. The molecule has 0 aliphatic rings. The van der Waals surface area contributed by atoms with Crippen molar-refractivity contribution in [3.8, 4) is 5.75 Å². The molecule has 1 aromatic rings. The Hall–Kier alpha value is 0.236. The standard InChI is InChI=1S/C9H11NO4S.K/c1-6(11)10-7-4-3-5-8(15(12)13)9(7)14-2;/h3-5H,1-2H3,(H,10,11)(H,12,13);/q;+1/p-1. The molecule has 0 radical (unpaired) electrons. The van der Waals surface area contributed by atoms with Crippen molar-refractivity contribution < 1.29 is 70.0 Å². The van der Waals surface area contributed by atoms with E-state index in [1.807, 2.05) is 0 Å². The van der Waals surface area contributed by atoms with Crippen LogP contribution in [0, 0.1) is 0 Å². The summed E-state index contributed by atoms with van der Waals surface area (Å²) in [4.78, 5) is 3.76. The van der Waals surface area contributed by atoms with Gasteiger partial charge in [0.15, 0.2) is 16.8 Å². The predicted molar refractivity (Wildman–Crippen MR) is 54.8 cm³/mol. The van der Waals surface area contributed by atoms with Gasteiger partial charge in [-0.3, -0.25) is 4.99 Å². The second-order valence-corrected chi connectivity index (χ2v) is 3.63. The van der Waals surface area contributed by atoms with Crippen molar-refractivity contribution in [2.24, 2.45) is 4.99 Å². The van der Waals surface area contributed by atoms with Crippen LogP contribution in [0.5, 0.6) is 5.75 Å². The van der Waals surface area contributed by atoms with Crippen LogP contribution in [0.4, 0.5) is 5.69 Å². The molecule has 0 saturated carbocycles. The average molecular weight is 267 g/mol. The molecule has 1 rings (SSSR count). The molecule has 1 aromatic carbocycles. The van der Waals surface area contributed by atoms with Gasteiger partial charge in [0.05, 0.1) is 7.11 Å². The summed E-state index contributed by atoms with van der Waals surface area (Å²) in [5.74, 6) is -0.247. The molecule has 1 N–H and O–H groups in total. The smallest absolute Gasteiger partial charge is 0.862 e. The summed E-state index contributed by atoms with van der Waals surface area (Å²) in [5, 5.41) is 10.8. The summed E-state index contributed by atoms with van der Waals surface area (Å²) < 4.78 is 24.8. The SMILES string of the molecule is COc1c(N=C(C)[O-])cccc1S(=O)O.[K+]. The van der Waals surface area contributed by atoms with Crippen LogP contribution in [0.15, 0.2) is 28.1 Å². The van der Waals surface area contributed by atoms with Gasteiger partial charge in [0.25, 0.3) is 0 Å². The van der Waals surface area contributed by atoms with Crippen LogP contribution >= 0.6 is 0 Å². The maximum absolute atomic E-state index is 10.9. The van der Waals surface area contributed by atoms with E-state index in [4.69, 9.17) is 9.29 Å². The van der Waals surface area contributed by atoms with E-state index in [1.54, 1.807) is 0 Å². The molecule has 0 spiro atoms. The topological polar surface area (TPSA) is 82.0 Å². The maximum Gasteiger partial charge on any atom is 1.00 e. The minimum absolute atomic E-state index is 0. The van der Waals surface area contributed by atoms with E-state index in [0.29, 0.717) is 0 Å². The largest absolute Gasteiger partial charge is 1.00 e. The first-order chi connectivity index (χ1) is 7.06. The van der Waals surface area contributed by atoms with Gasteiger partial charge >= 0.3 is 51.4 Å². The Morgan fingerprint density at radius 1 is 1.56 bits per heavy atom. The molecule has 1 atom stereocenters. The molecule has 7 heteroatoms. The Bertz CT molecular complexity index is 418. The molecule has 0 aliphatic carbocycles. The van der Waals surface area contributed by atoms with E-state index in [-0.39, 0.29) is 67.7 Å². The van der Waals surface area contributed by atoms with Gasteiger partial charge in [0.1, 0.15) is 10.6 Å². The van der Waals surface area contributed by atoms with Gasteiger partial charge in [0.2, 0.25) is 0 Å². The number of ether oxygens (including phenoxy) is 1. The first-order valence-corrected chi connectivity index (χ1v) is 5.17. The predicted octanol–water partition coefficient (Wildman–Crippen LogP) is -2.31. The molecule has 0 bridgehead atoms. The first kappa shape index (κ1) is 16.2. The van der Waals surface area contributed by atoms with Crippen molar-refractivity contribution in [3.63, 3.8) is 0 Å². The number of benzene rings is 1. The average Bonchev–Trinajstić information content (AvgIpc) is 2.16. The van der Waals surface area contributed by atoms with Gasteiger partial charge in [-0.2, -0.15) is 0 Å². The Labute approximate surface area is 139 Å². The zero-order valence-corrected chi connectivity index (χ0v) is 13.2. The molecule has 0 saturated heterocycles. The number of aliphatic imine (C=N–C) groups is 1. The number of methoxy groups -OCH3 is 1. The fourth-order valence-electron chi connectivity index (χ4n) is 1.10. The number of rotatable bonds is 3. The van der Waals surface area contributed by atoms with Crippen LogP contribution in [0.1, 0.15) is 6.92 Å². The Morgan fingerprint density at radius 3 is 2.62 bits per heavy atom. The first-order valence-electron chi connectivity index (χ1n) is 4.06. The van der Waals surface area contributed by atoms with Gasteiger partial charge in [-0.15, -0.1) is 0 Å². The zero-order valence-electron chi connectivity index (χ0n) is 9.26. The van der Waals surface area contributed by atoms with Crippen LogP contribution in [-0.2, 0) is 11.1 Å². The van der Waals surface area contributed by atoms with E-state index in [0.717, 1.165) is 0 Å². The Balaban J connectivity index is 0.00000225. The van der Waals surface area contributed by atoms with E-state index in [2.05, 4.69) is 4.99 Å². The summed E-state index contributed by atoms with van der Waals surface area (Å²) in [6, 6.07) is 4.51. The summed E-state index contributed by atoms with van der Waals surface area (Å²) in [7, 11) is 1.35. The monoisotopic (exact) mass is 267 g/mol. The van der Waals surface area contributed by atoms with E-state index in [1.165, 1.54) is 32.2 Å². The van der Waals surface area contributed by atoms with E-state index >= 15 is 0 Å². The molecule has 0 fully saturated rings. The second-order valence-electron chi connectivity index (χ2n) is 2.69. The fraction of sp³-hybridized carbons (Fsp3) is 0.222. The van der Waals surface area contributed by atoms with Crippen molar-refractivity contribution in [3.05, 3.63) is 18.2 Å². The third-order valence-corrected chi connectivity index (χ3v) is 2.33.